The quantitative estimate of drug-likeness (QED) is 0.496. The fourth-order valence-corrected chi connectivity index (χ4v) is 2.88. The number of rotatable bonds is 4. The number of benzene rings is 2. The van der Waals surface area contributed by atoms with Gasteiger partial charge in [-0.1, -0.05) is 23.7 Å². The van der Waals surface area contributed by atoms with E-state index in [4.69, 9.17) is 28.6 Å². The van der Waals surface area contributed by atoms with Crippen LogP contribution >= 0.6 is 23.8 Å². The Morgan fingerprint density at radius 3 is 2.38 bits per heavy atom. The number of ether oxygens (including phenoxy) is 1. The maximum absolute atomic E-state index is 12.9. The lowest BCUT2D eigenvalue weighted by Crippen LogP contribution is -2.54. The zero-order chi connectivity index (χ0) is 18.7. The molecule has 5 nitrogen and oxygen atoms in total. The summed E-state index contributed by atoms with van der Waals surface area (Å²) in [6.07, 6.45) is 1.51. The Bertz CT molecular complexity index is 892. The van der Waals surface area contributed by atoms with Crippen LogP contribution in [0.5, 0.6) is 5.75 Å². The first-order chi connectivity index (χ1) is 12.5. The van der Waals surface area contributed by atoms with Gasteiger partial charge in [-0.3, -0.25) is 19.8 Å². The SMILES string of the molecule is CCOc1ccc(N2C(=O)/C(=C/c3ccc(Cl)cc3)C(=O)NC2=S)cc1. The molecule has 0 aliphatic carbocycles. The minimum atomic E-state index is -0.530. The van der Waals surface area contributed by atoms with Crippen molar-refractivity contribution in [2.24, 2.45) is 0 Å². The highest BCUT2D eigenvalue weighted by molar-refractivity contribution is 7.80. The third-order valence-corrected chi connectivity index (χ3v) is 4.23. The minimum absolute atomic E-state index is 0.00481. The van der Waals surface area contributed by atoms with Gasteiger partial charge in [-0.05, 0) is 67.2 Å². The number of amides is 2. The molecule has 0 bridgehead atoms. The fraction of sp³-hybridized carbons (Fsp3) is 0.105. The van der Waals surface area contributed by atoms with Gasteiger partial charge < -0.3 is 4.74 Å². The molecule has 132 valence electrons. The number of thiocarbonyl (C=S) groups is 1. The van der Waals surface area contributed by atoms with Crippen molar-refractivity contribution in [2.75, 3.05) is 11.5 Å². The van der Waals surface area contributed by atoms with E-state index in [-0.39, 0.29) is 10.7 Å². The Balaban J connectivity index is 1.93. The Morgan fingerprint density at radius 2 is 1.77 bits per heavy atom. The molecule has 0 aromatic heterocycles. The summed E-state index contributed by atoms with van der Waals surface area (Å²) in [5, 5.41) is 3.16. The number of carbonyl (C=O) groups is 2. The zero-order valence-electron chi connectivity index (χ0n) is 13.9. The highest BCUT2D eigenvalue weighted by Crippen LogP contribution is 2.24. The van der Waals surface area contributed by atoms with Crippen LogP contribution in [-0.4, -0.2) is 23.5 Å². The van der Waals surface area contributed by atoms with Gasteiger partial charge in [0.25, 0.3) is 11.8 Å². The van der Waals surface area contributed by atoms with Crippen LogP contribution in [0.3, 0.4) is 0 Å². The summed E-state index contributed by atoms with van der Waals surface area (Å²) in [6, 6.07) is 13.7. The maximum Gasteiger partial charge on any atom is 0.270 e. The topological polar surface area (TPSA) is 58.6 Å². The van der Waals surface area contributed by atoms with Crippen molar-refractivity contribution in [3.8, 4) is 5.75 Å². The smallest absolute Gasteiger partial charge is 0.270 e. The minimum Gasteiger partial charge on any atom is -0.494 e. The van der Waals surface area contributed by atoms with Gasteiger partial charge in [0, 0.05) is 5.02 Å². The van der Waals surface area contributed by atoms with E-state index in [9.17, 15) is 9.59 Å². The number of anilines is 1. The molecule has 2 aromatic carbocycles. The molecule has 7 heteroatoms. The van der Waals surface area contributed by atoms with Crippen LogP contribution in [0.15, 0.2) is 54.1 Å². The van der Waals surface area contributed by atoms with Crippen LogP contribution in [0.25, 0.3) is 6.08 Å². The molecule has 0 radical (unpaired) electrons. The number of nitrogens with one attached hydrogen (secondary N) is 1. The largest absolute Gasteiger partial charge is 0.494 e. The molecule has 1 heterocycles. The highest BCUT2D eigenvalue weighted by atomic mass is 35.5. The van der Waals surface area contributed by atoms with Crippen LogP contribution in [0.1, 0.15) is 12.5 Å². The molecule has 0 atom stereocenters. The lowest BCUT2D eigenvalue weighted by molar-refractivity contribution is -0.122. The molecule has 2 aromatic rings. The standard InChI is InChI=1S/C19H15ClN2O3S/c1-2-25-15-9-7-14(8-10-15)22-18(24)16(17(23)21-19(22)26)11-12-3-5-13(20)6-4-12/h3-11H,2H2,1H3,(H,21,23,26)/b16-11+. The molecule has 2 amide bonds. The number of hydrogen-bond donors (Lipinski definition) is 1. The first kappa shape index (κ1) is 18.1. The molecule has 1 fully saturated rings. The number of hydrogen-bond acceptors (Lipinski definition) is 4. The first-order valence-electron chi connectivity index (χ1n) is 7.89. The van der Waals surface area contributed by atoms with Crippen LogP contribution in [0.4, 0.5) is 5.69 Å². The van der Waals surface area contributed by atoms with E-state index >= 15 is 0 Å². The Kier molecular flexibility index (Phi) is 5.35. The van der Waals surface area contributed by atoms with Crippen molar-refractivity contribution >= 4 is 52.5 Å². The number of carbonyl (C=O) groups excluding carboxylic acids is 2. The summed E-state index contributed by atoms with van der Waals surface area (Å²) in [5.41, 5.74) is 1.23. The van der Waals surface area contributed by atoms with Gasteiger partial charge in [-0.15, -0.1) is 0 Å². The van der Waals surface area contributed by atoms with Crippen molar-refractivity contribution in [3.05, 3.63) is 64.7 Å². The average Bonchev–Trinajstić information content (AvgIpc) is 2.62. The van der Waals surface area contributed by atoms with Gasteiger partial charge in [0.15, 0.2) is 5.11 Å². The highest BCUT2D eigenvalue weighted by Gasteiger charge is 2.34. The van der Waals surface area contributed by atoms with Gasteiger partial charge >= 0.3 is 0 Å². The third-order valence-electron chi connectivity index (χ3n) is 3.69. The normalized spacial score (nSPS) is 16.0. The Morgan fingerprint density at radius 1 is 1.12 bits per heavy atom. The second-order valence-corrected chi connectivity index (χ2v) is 6.26. The summed E-state index contributed by atoms with van der Waals surface area (Å²) in [6.45, 7) is 2.44. The molecule has 0 unspecified atom stereocenters. The fourth-order valence-electron chi connectivity index (χ4n) is 2.48. The summed E-state index contributed by atoms with van der Waals surface area (Å²) in [5.74, 6) is -0.331. The second kappa shape index (κ2) is 7.68. The summed E-state index contributed by atoms with van der Waals surface area (Å²) in [7, 11) is 0. The molecule has 0 saturated carbocycles. The molecular weight excluding hydrogens is 372 g/mol. The first-order valence-corrected chi connectivity index (χ1v) is 8.68. The van der Waals surface area contributed by atoms with Crippen molar-refractivity contribution in [1.29, 1.82) is 0 Å². The van der Waals surface area contributed by atoms with Crippen LogP contribution in [-0.2, 0) is 9.59 Å². The van der Waals surface area contributed by atoms with E-state index in [1.165, 1.54) is 11.0 Å². The van der Waals surface area contributed by atoms with E-state index in [1.54, 1.807) is 48.5 Å². The van der Waals surface area contributed by atoms with Crippen molar-refractivity contribution in [3.63, 3.8) is 0 Å². The van der Waals surface area contributed by atoms with Crippen LogP contribution in [0, 0.1) is 0 Å². The van der Waals surface area contributed by atoms with Gasteiger partial charge in [-0.25, -0.2) is 0 Å². The third kappa shape index (κ3) is 3.76. The van der Waals surface area contributed by atoms with E-state index in [2.05, 4.69) is 5.32 Å². The summed E-state index contributed by atoms with van der Waals surface area (Å²) >= 11 is 11.0. The van der Waals surface area contributed by atoms with Crippen molar-refractivity contribution < 1.29 is 14.3 Å². The summed E-state index contributed by atoms with van der Waals surface area (Å²) in [4.78, 5) is 26.4. The molecular formula is C19H15ClN2O3S. The zero-order valence-corrected chi connectivity index (χ0v) is 15.4. The monoisotopic (exact) mass is 386 g/mol. The van der Waals surface area contributed by atoms with Crippen molar-refractivity contribution in [2.45, 2.75) is 6.92 Å². The van der Waals surface area contributed by atoms with Gasteiger partial charge in [0.2, 0.25) is 0 Å². The van der Waals surface area contributed by atoms with Gasteiger partial charge in [-0.2, -0.15) is 0 Å². The Labute approximate surface area is 161 Å². The lowest BCUT2D eigenvalue weighted by Gasteiger charge is -2.29. The predicted molar refractivity (Wildman–Crippen MR) is 105 cm³/mol. The van der Waals surface area contributed by atoms with Crippen molar-refractivity contribution in [1.82, 2.24) is 5.32 Å². The van der Waals surface area contributed by atoms with E-state index in [0.29, 0.717) is 28.6 Å². The lowest BCUT2D eigenvalue weighted by atomic mass is 10.1. The molecule has 0 spiro atoms. The second-order valence-electron chi connectivity index (χ2n) is 5.44. The molecule has 1 aliphatic rings. The van der Waals surface area contributed by atoms with E-state index in [1.807, 2.05) is 6.92 Å². The average molecular weight is 387 g/mol. The van der Waals surface area contributed by atoms with Gasteiger partial charge in [0.05, 0.1) is 12.3 Å². The number of nitrogens with zero attached hydrogens (tertiary/aromatic N) is 1. The molecule has 1 saturated heterocycles. The molecule has 26 heavy (non-hydrogen) atoms. The van der Waals surface area contributed by atoms with Crippen LogP contribution in [0.2, 0.25) is 5.02 Å². The van der Waals surface area contributed by atoms with Crippen LogP contribution < -0.4 is 15.0 Å². The summed E-state index contributed by atoms with van der Waals surface area (Å²) < 4.78 is 5.40. The molecule has 3 rings (SSSR count). The molecule has 1 aliphatic heterocycles. The van der Waals surface area contributed by atoms with E-state index in [0.717, 1.165) is 0 Å². The van der Waals surface area contributed by atoms with Gasteiger partial charge in [0.1, 0.15) is 11.3 Å². The molecule has 1 N–H and O–H groups in total. The maximum atomic E-state index is 12.9. The van der Waals surface area contributed by atoms with E-state index < -0.39 is 11.8 Å². The predicted octanol–water partition coefficient (Wildman–Crippen LogP) is 3.57. The number of halogens is 1. The Hall–Kier alpha value is -2.70.